The highest BCUT2D eigenvalue weighted by Gasteiger charge is 2.31. The first-order valence-corrected chi connectivity index (χ1v) is 6.89. The third-order valence-corrected chi connectivity index (χ3v) is 3.77. The van der Waals surface area contributed by atoms with Crippen molar-refractivity contribution in [2.24, 2.45) is 0 Å². The fourth-order valence-electron chi connectivity index (χ4n) is 2.38. The van der Waals surface area contributed by atoms with E-state index in [0.717, 1.165) is 12.2 Å². The maximum atomic E-state index is 12.4. The first-order chi connectivity index (χ1) is 9.34. The Balaban J connectivity index is 2.19. The van der Waals surface area contributed by atoms with E-state index < -0.39 is 0 Å². The van der Waals surface area contributed by atoms with Crippen molar-refractivity contribution in [3.8, 4) is 0 Å². The van der Waals surface area contributed by atoms with Gasteiger partial charge in [0.15, 0.2) is 0 Å². The average molecular weight is 280 g/mol. The van der Waals surface area contributed by atoms with Crippen molar-refractivity contribution in [1.82, 2.24) is 9.47 Å². The highest BCUT2D eigenvalue weighted by Crippen LogP contribution is 2.27. The fourth-order valence-corrected chi connectivity index (χ4v) is 2.38. The van der Waals surface area contributed by atoms with E-state index in [2.05, 4.69) is 27.0 Å². The molecule has 5 heteroatoms. The molecule has 0 N–H and O–H groups in total. The molecule has 1 aromatic heterocycles. The molecule has 1 aliphatic rings. The molecule has 0 aromatic carbocycles. The SMILES string of the molecule is COCOC[C@H]1Cn2cc(C(C)(C)C)cc2C(=O)N1C. The monoisotopic (exact) mass is 280 g/mol. The number of nitrogens with zero attached hydrogens (tertiary/aromatic N) is 2. The topological polar surface area (TPSA) is 43.7 Å². The van der Waals surface area contributed by atoms with Crippen LogP contribution < -0.4 is 0 Å². The lowest BCUT2D eigenvalue weighted by molar-refractivity contribution is -0.0503. The molecule has 0 spiro atoms. The van der Waals surface area contributed by atoms with Crippen LogP contribution >= 0.6 is 0 Å². The van der Waals surface area contributed by atoms with Gasteiger partial charge in [-0.05, 0) is 17.0 Å². The van der Waals surface area contributed by atoms with Gasteiger partial charge in [-0.25, -0.2) is 0 Å². The van der Waals surface area contributed by atoms with Gasteiger partial charge in [-0.3, -0.25) is 4.79 Å². The number of rotatable bonds is 4. The van der Waals surface area contributed by atoms with E-state index in [1.54, 1.807) is 12.0 Å². The van der Waals surface area contributed by atoms with Crippen molar-refractivity contribution in [2.75, 3.05) is 27.6 Å². The Morgan fingerprint density at radius 3 is 2.70 bits per heavy atom. The second-order valence-corrected chi connectivity index (χ2v) is 6.36. The summed E-state index contributed by atoms with van der Waals surface area (Å²) < 4.78 is 12.3. The molecule has 0 bridgehead atoms. The Kier molecular flexibility index (Phi) is 4.20. The minimum absolute atomic E-state index is 0.0466. The Morgan fingerprint density at radius 2 is 2.10 bits per heavy atom. The molecule has 20 heavy (non-hydrogen) atoms. The van der Waals surface area contributed by atoms with E-state index in [1.165, 1.54) is 5.56 Å². The lowest BCUT2D eigenvalue weighted by Gasteiger charge is -2.33. The van der Waals surface area contributed by atoms with Crippen LogP contribution in [0.3, 0.4) is 0 Å². The van der Waals surface area contributed by atoms with Gasteiger partial charge in [0.25, 0.3) is 5.91 Å². The van der Waals surface area contributed by atoms with Crippen molar-refractivity contribution in [3.05, 3.63) is 23.5 Å². The maximum absolute atomic E-state index is 12.4. The molecule has 2 heterocycles. The van der Waals surface area contributed by atoms with Gasteiger partial charge in [0.2, 0.25) is 0 Å². The van der Waals surface area contributed by atoms with Crippen LogP contribution in [0.2, 0.25) is 0 Å². The van der Waals surface area contributed by atoms with E-state index in [9.17, 15) is 4.79 Å². The molecule has 1 amide bonds. The summed E-state index contributed by atoms with van der Waals surface area (Å²) in [5.41, 5.74) is 2.00. The van der Waals surface area contributed by atoms with Gasteiger partial charge in [-0.1, -0.05) is 20.8 Å². The summed E-state index contributed by atoms with van der Waals surface area (Å²) in [6.07, 6.45) is 2.09. The minimum Gasteiger partial charge on any atom is -0.359 e. The number of hydrogen-bond donors (Lipinski definition) is 0. The van der Waals surface area contributed by atoms with Crippen LogP contribution in [-0.2, 0) is 21.4 Å². The van der Waals surface area contributed by atoms with E-state index >= 15 is 0 Å². The van der Waals surface area contributed by atoms with Crippen molar-refractivity contribution >= 4 is 5.91 Å². The molecule has 1 aliphatic heterocycles. The molecule has 0 fully saturated rings. The standard InChI is InChI=1S/C15H24N2O3/c1-15(2,3)11-6-13-14(18)16(4)12(8-17(13)7-11)9-20-10-19-5/h6-7,12H,8-10H2,1-5H3/t12-/m1/s1. The fraction of sp³-hybridized carbons (Fsp3) is 0.667. The number of fused-ring (bicyclic) bond motifs is 1. The predicted octanol–water partition coefficient (Wildman–Crippen LogP) is 1.86. The largest absolute Gasteiger partial charge is 0.359 e. The van der Waals surface area contributed by atoms with Crippen LogP contribution in [0, 0.1) is 0 Å². The predicted molar refractivity (Wildman–Crippen MR) is 76.8 cm³/mol. The van der Waals surface area contributed by atoms with Crippen LogP contribution in [0.5, 0.6) is 0 Å². The molecule has 112 valence electrons. The number of likely N-dealkylation sites (N-methyl/N-ethyl adjacent to an activating group) is 1. The minimum atomic E-state index is 0.0466. The quantitative estimate of drug-likeness (QED) is 0.624. The van der Waals surface area contributed by atoms with Gasteiger partial charge in [-0.15, -0.1) is 0 Å². The first-order valence-electron chi connectivity index (χ1n) is 6.89. The molecule has 0 saturated heterocycles. The van der Waals surface area contributed by atoms with Crippen molar-refractivity contribution in [1.29, 1.82) is 0 Å². The van der Waals surface area contributed by atoms with E-state index in [-0.39, 0.29) is 24.2 Å². The van der Waals surface area contributed by atoms with Crippen LogP contribution in [0.1, 0.15) is 36.8 Å². The van der Waals surface area contributed by atoms with Gasteiger partial charge < -0.3 is 18.9 Å². The molecular weight excluding hydrogens is 256 g/mol. The second-order valence-electron chi connectivity index (χ2n) is 6.36. The van der Waals surface area contributed by atoms with Crippen molar-refractivity contribution < 1.29 is 14.3 Å². The van der Waals surface area contributed by atoms with E-state index in [0.29, 0.717) is 6.61 Å². The maximum Gasteiger partial charge on any atom is 0.270 e. The van der Waals surface area contributed by atoms with Gasteiger partial charge in [-0.2, -0.15) is 0 Å². The van der Waals surface area contributed by atoms with E-state index in [4.69, 9.17) is 9.47 Å². The molecule has 5 nitrogen and oxygen atoms in total. The molecule has 0 unspecified atom stereocenters. The Hall–Kier alpha value is -1.33. The summed E-state index contributed by atoms with van der Waals surface area (Å²) in [7, 11) is 3.42. The zero-order valence-corrected chi connectivity index (χ0v) is 13.0. The number of amides is 1. The Bertz CT molecular complexity index is 488. The normalized spacial score (nSPS) is 19.4. The highest BCUT2D eigenvalue weighted by molar-refractivity contribution is 5.93. The van der Waals surface area contributed by atoms with Gasteiger partial charge in [0, 0.05) is 26.9 Å². The molecule has 0 saturated carbocycles. The molecule has 1 atom stereocenters. The number of hydrogen-bond acceptors (Lipinski definition) is 3. The summed E-state index contributed by atoms with van der Waals surface area (Å²) in [6.45, 7) is 7.96. The van der Waals surface area contributed by atoms with Gasteiger partial charge >= 0.3 is 0 Å². The zero-order chi connectivity index (χ0) is 14.9. The first kappa shape index (κ1) is 15.1. The summed E-state index contributed by atoms with van der Waals surface area (Å²) in [5, 5.41) is 0. The lowest BCUT2D eigenvalue weighted by atomic mass is 9.89. The summed E-state index contributed by atoms with van der Waals surface area (Å²) in [6, 6.07) is 2.05. The second kappa shape index (κ2) is 5.58. The molecule has 0 aliphatic carbocycles. The van der Waals surface area contributed by atoms with Crippen molar-refractivity contribution in [2.45, 2.75) is 38.8 Å². The number of carbonyl (C=O) groups is 1. The Morgan fingerprint density at radius 1 is 1.40 bits per heavy atom. The average Bonchev–Trinajstić information content (AvgIpc) is 2.79. The van der Waals surface area contributed by atoms with Crippen LogP contribution in [-0.4, -0.2) is 49.0 Å². The van der Waals surface area contributed by atoms with Gasteiger partial charge in [0.05, 0.1) is 12.6 Å². The number of carbonyl (C=O) groups excluding carboxylic acids is 1. The number of ether oxygens (including phenoxy) is 2. The molecule has 1 aromatic rings. The summed E-state index contributed by atoms with van der Waals surface area (Å²) in [5.74, 6) is 0.0535. The highest BCUT2D eigenvalue weighted by atomic mass is 16.7. The van der Waals surface area contributed by atoms with E-state index in [1.807, 2.05) is 17.7 Å². The summed E-state index contributed by atoms with van der Waals surface area (Å²) in [4.78, 5) is 14.2. The smallest absolute Gasteiger partial charge is 0.270 e. The third-order valence-electron chi connectivity index (χ3n) is 3.77. The van der Waals surface area contributed by atoms with Crippen LogP contribution in [0.15, 0.2) is 12.3 Å². The van der Waals surface area contributed by atoms with Gasteiger partial charge in [0.1, 0.15) is 12.5 Å². The van der Waals surface area contributed by atoms with Crippen LogP contribution in [0.4, 0.5) is 0 Å². The van der Waals surface area contributed by atoms with Crippen molar-refractivity contribution in [3.63, 3.8) is 0 Å². The molecule has 0 radical (unpaired) electrons. The third kappa shape index (κ3) is 2.88. The lowest BCUT2D eigenvalue weighted by Crippen LogP contribution is -2.47. The Labute approximate surface area is 120 Å². The summed E-state index contributed by atoms with van der Waals surface area (Å²) >= 11 is 0. The van der Waals surface area contributed by atoms with Crippen LogP contribution in [0.25, 0.3) is 0 Å². The molecular formula is C15H24N2O3. The number of aromatic nitrogens is 1. The zero-order valence-electron chi connectivity index (χ0n) is 13.0. The number of methoxy groups -OCH3 is 1. The molecule has 2 rings (SSSR count).